The van der Waals surface area contributed by atoms with Crippen molar-refractivity contribution in [1.82, 2.24) is 10.3 Å². The van der Waals surface area contributed by atoms with Crippen LogP contribution >= 0.6 is 23.2 Å². The van der Waals surface area contributed by atoms with Gasteiger partial charge in [-0.25, -0.2) is 0 Å². The Bertz CT molecular complexity index is 824. The Kier molecular flexibility index (Phi) is 4.86. The quantitative estimate of drug-likeness (QED) is 0.903. The fourth-order valence-corrected chi connectivity index (χ4v) is 2.15. The molecule has 22 heavy (non-hydrogen) atoms. The van der Waals surface area contributed by atoms with Crippen molar-refractivity contribution in [3.05, 3.63) is 67.6 Å². The van der Waals surface area contributed by atoms with Crippen molar-refractivity contribution in [2.75, 3.05) is 0 Å². The van der Waals surface area contributed by atoms with Crippen molar-refractivity contribution in [2.45, 2.75) is 13.0 Å². The lowest BCUT2D eigenvalue weighted by molar-refractivity contribution is 0.0943. The molecule has 0 radical (unpaired) electrons. The van der Waals surface area contributed by atoms with Crippen molar-refractivity contribution in [3.63, 3.8) is 0 Å². The van der Waals surface area contributed by atoms with Gasteiger partial charge in [-0.3, -0.25) is 9.59 Å². The maximum atomic E-state index is 12.1. The van der Waals surface area contributed by atoms with Crippen LogP contribution in [0, 0.1) is 18.3 Å². The lowest BCUT2D eigenvalue weighted by atomic mass is 10.1. The lowest BCUT2D eigenvalue weighted by Gasteiger charge is -2.12. The molecule has 112 valence electrons. The predicted octanol–water partition coefficient (Wildman–Crippen LogP) is 2.98. The number of aryl methyl sites for hydroxylation is 1. The largest absolute Gasteiger partial charge is 0.332 e. The number of aromatic nitrogens is 1. The van der Waals surface area contributed by atoms with Gasteiger partial charge in [-0.2, -0.15) is 5.26 Å². The summed E-state index contributed by atoms with van der Waals surface area (Å²) in [7, 11) is 0. The number of H-pyrrole nitrogens is 1. The maximum Gasteiger partial charge on any atom is 0.260 e. The van der Waals surface area contributed by atoms with Gasteiger partial charge in [0.15, 0.2) is 0 Å². The van der Waals surface area contributed by atoms with Crippen LogP contribution in [0.1, 0.15) is 27.7 Å². The summed E-state index contributed by atoms with van der Waals surface area (Å²) in [5.74, 6) is -0.640. The van der Waals surface area contributed by atoms with Crippen LogP contribution in [-0.2, 0) is 0 Å². The molecular formula is C15H11Cl2N3O2. The number of nitriles is 1. The number of nitrogens with one attached hydrogen (secondary N) is 2. The molecule has 5 nitrogen and oxygen atoms in total. The zero-order chi connectivity index (χ0) is 16.3. The number of hydrogen-bond acceptors (Lipinski definition) is 3. The highest BCUT2D eigenvalue weighted by atomic mass is 35.5. The van der Waals surface area contributed by atoms with Crippen LogP contribution in [0.4, 0.5) is 0 Å². The van der Waals surface area contributed by atoms with E-state index in [-0.39, 0.29) is 10.6 Å². The fourth-order valence-electron chi connectivity index (χ4n) is 1.84. The van der Waals surface area contributed by atoms with Crippen LogP contribution in [0.3, 0.4) is 0 Å². The first kappa shape index (κ1) is 16.1. The van der Waals surface area contributed by atoms with Gasteiger partial charge in [-0.15, -0.1) is 0 Å². The van der Waals surface area contributed by atoms with Gasteiger partial charge in [-0.05, 0) is 36.8 Å². The Morgan fingerprint density at radius 1 is 1.27 bits per heavy atom. The predicted molar refractivity (Wildman–Crippen MR) is 84.1 cm³/mol. The Hall–Kier alpha value is -2.29. The summed E-state index contributed by atoms with van der Waals surface area (Å²) in [5, 5.41) is 12.3. The molecule has 0 bridgehead atoms. The highest BCUT2D eigenvalue weighted by Crippen LogP contribution is 2.25. The molecule has 0 aliphatic rings. The average molecular weight is 336 g/mol. The van der Waals surface area contributed by atoms with E-state index in [1.807, 2.05) is 6.07 Å². The van der Waals surface area contributed by atoms with Crippen molar-refractivity contribution in [3.8, 4) is 6.07 Å². The third-order valence-corrected chi connectivity index (χ3v) is 3.72. The van der Waals surface area contributed by atoms with Gasteiger partial charge in [0.25, 0.3) is 11.5 Å². The number of benzene rings is 1. The number of hydrogen-bond donors (Lipinski definition) is 2. The number of aromatic amines is 1. The average Bonchev–Trinajstić information content (AvgIpc) is 2.47. The molecule has 2 rings (SSSR count). The van der Waals surface area contributed by atoms with E-state index >= 15 is 0 Å². The molecule has 0 spiro atoms. The normalized spacial score (nSPS) is 11.5. The molecule has 1 aromatic heterocycles. The standard InChI is InChI=1S/C15H11Cl2N3O2/c1-8-2-4-10(14(21)19-8)15(22)20-13(7-18)9-3-5-11(16)12(17)6-9/h2-6,13H,1H3,(H,19,21)(H,20,22). The van der Waals surface area contributed by atoms with Gasteiger partial charge in [0.2, 0.25) is 0 Å². The van der Waals surface area contributed by atoms with Crippen LogP contribution in [0.15, 0.2) is 35.1 Å². The first-order valence-corrected chi connectivity index (χ1v) is 7.03. The van der Waals surface area contributed by atoms with Gasteiger partial charge in [0, 0.05) is 5.69 Å². The molecular weight excluding hydrogens is 325 g/mol. The van der Waals surface area contributed by atoms with Crippen molar-refractivity contribution in [2.24, 2.45) is 0 Å². The molecule has 0 saturated heterocycles. The van der Waals surface area contributed by atoms with E-state index in [1.165, 1.54) is 18.2 Å². The summed E-state index contributed by atoms with van der Waals surface area (Å²) < 4.78 is 0. The second kappa shape index (κ2) is 6.65. The van der Waals surface area contributed by atoms with Crippen molar-refractivity contribution >= 4 is 29.1 Å². The van der Waals surface area contributed by atoms with Crippen LogP contribution in [0.5, 0.6) is 0 Å². The molecule has 0 aliphatic carbocycles. The van der Waals surface area contributed by atoms with Crippen LogP contribution < -0.4 is 10.9 Å². The van der Waals surface area contributed by atoms with Gasteiger partial charge in [-0.1, -0.05) is 29.3 Å². The maximum absolute atomic E-state index is 12.1. The summed E-state index contributed by atoms with van der Waals surface area (Å²) in [5.41, 5.74) is 0.547. The second-order valence-electron chi connectivity index (χ2n) is 4.59. The minimum absolute atomic E-state index is 0.0640. The second-order valence-corrected chi connectivity index (χ2v) is 5.41. The smallest absolute Gasteiger partial charge is 0.260 e. The summed E-state index contributed by atoms with van der Waals surface area (Å²) >= 11 is 11.7. The highest BCUT2D eigenvalue weighted by Gasteiger charge is 2.18. The monoisotopic (exact) mass is 335 g/mol. The molecule has 1 amide bonds. The topological polar surface area (TPSA) is 85.8 Å². The number of carbonyl (C=O) groups excluding carboxylic acids is 1. The highest BCUT2D eigenvalue weighted by molar-refractivity contribution is 6.42. The van der Waals surface area contributed by atoms with Gasteiger partial charge in [0.05, 0.1) is 16.1 Å². The number of pyridine rings is 1. The minimum atomic E-state index is -0.942. The van der Waals surface area contributed by atoms with Gasteiger partial charge in [0.1, 0.15) is 11.6 Å². The summed E-state index contributed by atoms with van der Waals surface area (Å²) in [6.07, 6.45) is 0. The van der Waals surface area contributed by atoms with Crippen LogP contribution in [-0.4, -0.2) is 10.9 Å². The van der Waals surface area contributed by atoms with E-state index < -0.39 is 17.5 Å². The summed E-state index contributed by atoms with van der Waals surface area (Å²) in [6.45, 7) is 1.71. The molecule has 0 aliphatic heterocycles. The summed E-state index contributed by atoms with van der Waals surface area (Å²) in [6, 6.07) is 8.65. The van der Waals surface area contributed by atoms with E-state index in [4.69, 9.17) is 23.2 Å². The van der Waals surface area contributed by atoms with Crippen molar-refractivity contribution in [1.29, 1.82) is 5.26 Å². The lowest BCUT2D eigenvalue weighted by Crippen LogP contribution is -2.32. The number of amides is 1. The Morgan fingerprint density at radius 2 is 2.00 bits per heavy atom. The van der Waals surface area contributed by atoms with E-state index in [0.29, 0.717) is 16.3 Å². The molecule has 1 atom stereocenters. The minimum Gasteiger partial charge on any atom is -0.332 e. The van der Waals surface area contributed by atoms with E-state index in [2.05, 4.69) is 10.3 Å². The van der Waals surface area contributed by atoms with Gasteiger partial charge >= 0.3 is 0 Å². The first-order chi connectivity index (χ1) is 10.4. The third-order valence-electron chi connectivity index (χ3n) is 2.98. The van der Waals surface area contributed by atoms with E-state index in [9.17, 15) is 14.9 Å². The Labute approximate surface area is 136 Å². The summed E-state index contributed by atoms with van der Waals surface area (Å²) in [4.78, 5) is 26.4. The molecule has 0 fully saturated rings. The number of nitrogens with zero attached hydrogens (tertiary/aromatic N) is 1. The number of rotatable bonds is 3. The molecule has 1 unspecified atom stereocenters. The first-order valence-electron chi connectivity index (χ1n) is 6.27. The molecule has 2 N–H and O–H groups in total. The van der Waals surface area contributed by atoms with Crippen LogP contribution in [0.2, 0.25) is 10.0 Å². The molecule has 1 aromatic carbocycles. The number of carbonyl (C=O) groups is 1. The fraction of sp³-hybridized carbons (Fsp3) is 0.133. The molecule has 7 heteroatoms. The molecule has 1 heterocycles. The zero-order valence-corrected chi connectivity index (χ0v) is 13.0. The Balaban J connectivity index is 2.26. The van der Waals surface area contributed by atoms with Crippen LogP contribution in [0.25, 0.3) is 0 Å². The van der Waals surface area contributed by atoms with Crippen molar-refractivity contribution < 1.29 is 4.79 Å². The Morgan fingerprint density at radius 3 is 2.59 bits per heavy atom. The SMILES string of the molecule is Cc1ccc(C(=O)NC(C#N)c2ccc(Cl)c(Cl)c2)c(=O)[nH]1. The van der Waals surface area contributed by atoms with Gasteiger partial charge < -0.3 is 10.3 Å². The third kappa shape index (κ3) is 3.48. The molecule has 2 aromatic rings. The zero-order valence-electron chi connectivity index (χ0n) is 11.5. The molecule has 0 saturated carbocycles. The van der Waals surface area contributed by atoms with E-state index in [1.54, 1.807) is 19.1 Å². The van der Waals surface area contributed by atoms with E-state index in [0.717, 1.165) is 0 Å². The number of halogens is 2.